The van der Waals surface area contributed by atoms with Crippen LogP contribution in [0.2, 0.25) is 0 Å². The highest BCUT2D eigenvalue weighted by Gasteiger charge is 2.22. The van der Waals surface area contributed by atoms with Crippen molar-refractivity contribution in [3.63, 3.8) is 0 Å². The van der Waals surface area contributed by atoms with Crippen LogP contribution in [0.5, 0.6) is 0 Å². The van der Waals surface area contributed by atoms with E-state index >= 15 is 0 Å². The zero-order valence-electron chi connectivity index (χ0n) is 15.7. The number of hydrogen-bond donors (Lipinski definition) is 0. The maximum Gasteiger partial charge on any atom is 0.253 e. The molecule has 1 aromatic carbocycles. The summed E-state index contributed by atoms with van der Waals surface area (Å²) in [6, 6.07) is 8.20. The highest BCUT2D eigenvalue weighted by atomic mass is 16.2. The van der Waals surface area contributed by atoms with Gasteiger partial charge in [-0.2, -0.15) is 5.10 Å². The lowest BCUT2D eigenvalue weighted by Crippen LogP contribution is -2.49. The molecular formula is C20H28N4O. The molecular weight excluding hydrogens is 312 g/mol. The minimum atomic E-state index is 0.157. The molecule has 0 aliphatic carbocycles. The van der Waals surface area contributed by atoms with Gasteiger partial charge in [-0.15, -0.1) is 0 Å². The van der Waals surface area contributed by atoms with Crippen molar-refractivity contribution in [1.29, 1.82) is 0 Å². The van der Waals surface area contributed by atoms with Gasteiger partial charge in [0, 0.05) is 44.0 Å². The van der Waals surface area contributed by atoms with E-state index in [0.717, 1.165) is 61.7 Å². The Morgan fingerprint density at radius 1 is 0.920 bits per heavy atom. The van der Waals surface area contributed by atoms with E-state index in [4.69, 9.17) is 0 Å². The van der Waals surface area contributed by atoms with Crippen LogP contribution in [0.3, 0.4) is 0 Å². The summed E-state index contributed by atoms with van der Waals surface area (Å²) in [5, 5.41) is 4.52. The van der Waals surface area contributed by atoms with E-state index in [2.05, 4.69) is 33.7 Å². The van der Waals surface area contributed by atoms with E-state index in [1.54, 1.807) is 0 Å². The second-order valence-corrected chi connectivity index (χ2v) is 7.16. The summed E-state index contributed by atoms with van der Waals surface area (Å²) in [5.41, 5.74) is 5.38. The summed E-state index contributed by atoms with van der Waals surface area (Å²) in [4.78, 5) is 17.1. The second kappa shape index (κ2) is 7.40. The Labute approximate surface area is 150 Å². The first-order valence-electron chi connectivity index (χ1n) is 9.03. The van der Waals surface area contributed by atoms with Gasteiger partial charge in [0.05, 0.1) is 12.2 Å². The molecule has 0 N–H and O–H groups in total. The molecule has 1 fully saturated rings. The van der Waals surface area contributed by atoms with Crippen LogP contribution in [0.1, 0.15) is 32.9 Å². The number of carbonyl (C=O) groups is 1. The predicted octanol–water partition coefficient (Wildman–Crippen LogP) is 2.57. The fourth-order valence-electron chi connectivity index (χ4n) is 3.59. The molecule has 0 spiro atoms. The van der Waals surface area contributed by atoms with Gasteiger partial charge in [-0.25, -0.2) is 0 Å². The Balaban J connectivity index is 1.53. The fraction of sp³-hybridized carbons (Fsp3) is 0.500. The lowest BCUT2D eigenvalue weighted by atomic mass is 10.1. The number of nitrogens with zero attached hydrogens (tertiary/aromatic N) is 4. The molecule has 1 amide bonds. The van der Waals surface area contributed by atoms with E-state index in [9.17, 15) is 4.79 Å². The third kappa shape index (κ3) is 4.28. The normalized spacial score (nSPS) is 15.6. The van der Waals surface area contributed by atoms with Gasteiger partial charge in [0.1, 0.15) is 0 Å². The molecule has 0 unspecified atom stereocenters. The van der Waals surface area contributed by atoms with Gasteiger partial charge in [-0.05, 0) is 45.9 Å². The first kappa shape index (κ1) is 17.7. The number of benzene rings is 1. The minimum absolute atomic E-state index is 0.157. The topological polar surface area (TPSA) is 41.4 Å². The smallest absolute Gasteiger partial charge is 0.253 e. The summed E-state index contributed by atoms with van der Waals surface area (Å²) in [5.74, 6) is 0.157. The molecule has 5 heteroatoms. The van der Waals surface area contributed by atoms with E-state index in [0.29, 0.717) is 0 Å². The van der Waals surface area contributed by atoms with E-state index in [1.807, 2.05) is 37.8 Å². The third-order valence-corrected chi connectivity index (χ3v) is 4.86. The SMILES string of the molecule is Cc1cc(C)cc(C(=O)N2CCN(CCn3nc(C)cc3C)CC2)c1. The number of aryl methyl sites for hydroxylation is 4. The molecule has 5 nitrogen and oxygen atoms in total. The molecule has 2 heterocycles. The van der Waals surface area contributed by atoms with Crippen molar-refractivity contribution in [3.8, 4) is 0 Å². The summed E-state index contributed by atoms with van der Waals surface area (Å²) in [6.07, 6.45) is 0. The summed E-state index contributed by atoms with van der Waals surface area (Å²) >= 11 is 0. The molecule has 0 saturated carbocycles. The van der Waals surface area contributed by atoms with Crippen LogP contribution < -0.4 is 0 Å². The number of rotatable bonds is 4. The number of amides is 1. The number of aromatic nitrogens is 2. The number of piperazine rings is 1. The molecule has 1 aromatic heterocycles. The molecule has 0 atom stereocenters. The van der Waals surface area contributed by atoms with Crippen LogP contribution in [0, 0.1) is 27.7 Å². The van der Waals surface area contributed by atoms with Crippen molar-refractivity contribution >= 4 is 5.91 Å². The van der Waals surface area contributed by atoms with Crippen LogP contribution in [0.4, 0.5) is 0 Å². The first-order chi connectivity index (χ1) is 11.9. The molecule has 2 aromatic rings. The van der Waals surface area contributed by atoms with Crippen molar-refractivity contribution < 1.29 is 4.79 Å². The summed E-state index contributed by atoms with van der Waals surface area (Å²) < 4.78 is 2.07. The van der Waals surface area contributed by atoms with Crippen LogP contribution in [0.15, 0.2) is 24.3 Å². The van der Waals surface area contributed by atoms with Crippen LogP contribution in [0.25, 0.3) is 0 Å². The summed E-state index contributed by atoms with van der Waals surface area (Å²) in [6.45, 7) is 13.5. The Morgan fingerprint density at radius 3 is 2.12 bits per heavy atom. The average molecular weight is 340 g/mol. The molecule has 0 radical (unpaired) electrons. The van der Waals surface area contributed by atoms with Crippen molar-refractivity contribution in [3.05, 3.63) is 52.3 Å². The average Bonchev–Trinajstić information content (AvgIpc) is 2.89. The lowest BCUT2D eigenvalue weighted by Gasteiger charge is -2.34. The zero-order chi connectivity index (χ0) is 18.0. The molecule has 134 valence electrons. The van der Waals surface area contributed by atoms with Crippen molar-refractivity contribution in [2.24, 2.45) is 0 Å². The van der Waals surface area contributed by atoms with Crippen molar-refractivity contribution in [1.82, 2.24) is 19.6 Å². The minimum Gasteiger partial charge on any atom is -0.336 e. The molecule has 3 rings (SSSR count). The third-order valence-electron chi connectivity index (χ3n) is 4.86. The van der Waals surface area contributed by atoms with Crippen molar-refractivity contribution in [2.75, 3.05) is 32.7 Å². The maximum atomic E-state index is 12.7. The first-order valence-corrected chi connectivity index (χ1v) is 9.03. The highest BCUT2D eigenvalue weighted by molar-refractivity contribution is 5.94. The van der Waals surface area contributed by atoms with Crippen LogP contribution in [-0.4, -0.2) is 58.2 Å². The van der Waals surface area contributed by atoms with Gasteiger partial charge >= 0.3 is 0 Å². The molecule has 25 heavy (non-hydrogen) atoms. The van der Waals surface area contributed by atoms with E-state index < -0.39 is 0 Å². The quantitative estimate of drug-likeness (QED) is 0.859. The highest BCUT2D eigenvalue weighted by Crippen LogP contribution is 2.13. The van der Waals surface area contributed by atoms with Crippen molar-refractivity contribution in [2.45, 2.75) is 34.2 Å². The van der Waals surface area contributed by atoms with Gasteiger partial charge in [-0.1, -0.05) is 17.2 Å². The second-order valence-electron chi connectivity index (χ2n) is 7.16. The van der Waals surface area contributed by atoms with Gasteiger partial charge in [-0.3, -0.25) is 14.4 Å². The van der Waals surface area contributed by atoms with E-state index in [1.165, 1.54) is 5.69 Å². The zero-order valence-corrected chi connectivity index (χ0v) is 15.7. The number of carbonyl (C=O) groups excluding carboxylic acids is 1. The largest absolute Gasteiger partial charge is 0.336 e. The lowest BCUT2D eigenvalue weighted by molar-refractivity contribution is 0.0631. The Kier molecular flexibility index (Phi) is 5.23. The summed E-state index contributed by atoms with van der Waals surface area (Å²) in [7, 11) is 0. The molecule has 1 aliphatic heterocycles. The van der Waals surface area contributed by atoms with Crippen LogP contribution >= 0.6 is 0 Å². The molecule has 1 saturated heterocycles. The predicted molar refractivity (Wildman–Crippen MR) is 100.0 cm³/mol. The Bertz CT molecular complexity index is 737. The maximum absolute atomic E-state index is 12.7. The molecule has 1 aliphatic rings. The molecule has 0 bridgehead atoms. The Morgan fingerprint density at radius 2 is 1.56 bits per heavy atom. The monoisotopic (exact) mass is 340 g/mol. The number of hydrogen-bond acceptors (Lipinski definition) is 3. The Hall–Kier alpha value is -2.14. The van der Waals surface area contributed by atoms with Gasteiger partial charge in [0.2, 0.25) is 0 Å². The standard InChI is InChI=1S/C20H28N4O/c1-15-11-16(2)13-19(12-15)20(25)23-8-5-22(6-9-23)7-10-24-18(4)14-17(3)21-24/h11-14H,5-10H2,1-4H3. The van der Waals surface area contributed by atoms with Gasteiger partial charge in [0.15, 0.2) is 0 Å². The van der Waals surface area contributed by atoms with Gasteiger partial charge in [0.25, 0.3) is 5.91 Å². The van der Waals surface area contributed by atoms with E-state index in [-0.39, 0.29) is 5.91 Å². The van der Waals surface area contributed by atoms with Gasteiger partial charge < -0.3 is 4.90 Å². The van der Waals surface area contributed by atoms with Crippen LogP contribution in [-0.2, 0) is 6.54 Å². The fourth-order valence-corrected chi connectivity index (χ4v) is 3.59.